The molecular formula is C15H21FN4. The number of nitrogens with two attached hydrogens (primary N) is 1. The molecule has 108 valence electrons. The first-order chi connectivity index (χ1) is 9.49. The molecule has 0 spiro atoms. The molecule has 0 unspecified atom stereocenters. The molecule has 0 aliphatic heterocycles. The highest BCUT2D eigenvalue weighted by atomic mass is 19.1. The third-order valence-corrected chi connectivity index (χ3v) is 3.24. The molecule has 4 nitrogen and oxygen atoms in total. The van der Waals surface area contributed by atoms with Gasteiger partial charge >= 0.3 is 0 Å². The second-order valence-electron chi connectivity index (χ2n) is 5.19. The van der Waals surface area contributed by atoms with Crippen LogP contribution in [0.15, 0.2) is 24.3 Å². The standard InChI is InChI=1S/C15H21FN4/c1-10(2)20-15(14(17)11(3)19-20)18-9-8-12-4-6-13(16)7-5-12/h4-7,10,18H,8-9,17H2,1-3H3. The molecule has 20 heavy (non-hydrogen) atoms. The molecule has 0 radical (unpaired) electrons. The summed E-state index contributed by atoms with van der Waals surface area (Å²) in [5.74, 6) is 0.652. The zero-order chi connectivity index (χ0) is 14.7. The van der Waals surface area contributed by atoms with Gasteiger partial charge < -0.3 is 11.1 Å². The molecule has 1 aromatic carbocycles. The van der Waals surface area contributed by atoms with E-state index in [1.54, 1.807) is 12.1 Å². The minimum atomic E-state index is -0.209. The highest BCUT2D eigenvalue weighted by molar-refractivity contribution is 5.64. The highest BCUT2D eigenvalue weighted by Crippen LogP contribution is 2.25. The van der Waals surface area contributed by atoms with Crippen LogP contribution in [0.5, 0.6) is 0 Å². The molecule has 3 N–H and O–H groups in total. The van der Waals surface area contributed by atoms with E-state index in [0.717, 1.165) is 30.0 Å². The molecule has 0 saturated heterocycles. The Morgan fingerprint density at radius 1 is 1.30 bits per heavy atom. The molecule has 1 aromatic heterocycles. The summed E-state index contributed by atoms with van der Waals surface area (Å²) in [6.07, 6.45) is 0.808. The summed E-state index contributed by atoms with van der Waals surface area (Å²) in [6, 6.07) is 6.80. The first-order valence-electron chi connectivity index (χ1n) is 6.82. The summed E-state index contributed by atoms with van der Waals surface area (Å²) < 4.78 is 14.7. The smallest absolute Gasteiger partial charge is 0.148 e. The molecule has 0 amide bonds. The maximum atomic E-state index is 12.8. The fourth-order valence-corrected chi connectivity index (χ4v) is 2.09. The first-order valence-corrected chi connectivity index (χ1v) is 6.82. The predicted octanol–water partition coefficient (Wildman–Crippen LogP) is 3.15. The van der Waals surface area contributed by atoms with Gasteiger partial charge in [-0.2, -0.15) is 5.10 Å². The van der Waals surface area contributed by atoms with Gasteiger partial charge in [0, 0.05) is 12.6 Å². The van der Waals surface area contributed by atoms with Crippen molar-refractivity contribution in [3.8, 4) is 0 Å². The van der Waals surface area contributed by atoms with E-state index in [0.29, 0.717) is 5.69 Å². The normalized spacial score (nSPS) is 11.1. The van der Waals surface area contributed by atoms with Crippen molar-refractivity contribution in [3.05, 3.63) is 41.3 Å². The van der Waals surface area contributed by atoms with E-state index in [1.165, 1.54) is 12.1 Å². The zero-order valence-electron chi connectivity index (χ0n) is 12.2. The molecule has 0 aliphatic carbocycles. The first kappa shape index (κ1) is 14.4. The van der Waals surface area contributed by atoms with Gasteiger partial charge in [0.15, 0.2) is 0 Å². The van der Waals surface area contributed by atoms with Gasteiger partial charge in [-0.15, -0.1) is 0 Å². The molecule has 1 heterocycles. The Labute approximate surface area is 118 Å². The number of nitrogens with zero attached hydrogens (tertiary/aromatic N) is 2. The van der Waals surface area contributed by atoms with E-state index in [2.05, 4.69) is 24.3 Å². The molecule has 2 aromatic rings. The summed E-state index contributed by atoms with van der Waals surface area (Å²) >= 11 is 0. The van der Waals surface area contributed by atoms with E-state index in [1.807, 2.05) is 11.6 Å². The Morgan fingerprint density at radius 3 is 2.55 bits per heavy atom. The summed E-state index contributed by atoms with van der Waals surface area (Å²) in [6.45, 7) is 6.76. The number of rotatable bonds is 5. The molecule has 0 saturated carbocycles. The maximum absolute atomic E-state index is 12.8. The lowest BCUT2D eigenvalue weighted by Crippen LogP contribution is -2.13. The third-order valence-electron chi connectivity index (χ3n) is 3.24. The average molecular weight is 276 g/mol. The van der Waals surface area contributed by atoms with Gasteiger partial charge in [-0.3, -0.25) is 0 Å². The van der Waals surface area contributed by atoms with Crippen LogP contribution in [0.4, 0.5) is 15.9 Å². The molecule has 0 atom stereocenters. The zero-order valence-corrected chi connectivity index (χ0v) is 12.2. The third kappa shape index (κ3) is 3.10. The van der Waals surface area contributed by atoms with Crippen LogP contribution in [-0.2, 0) is 6.42 Å². The van der Waals surface area contributed by atoms with Crippen LogP contribution in [0, 0.1) is 12.7 Å². The second kappa shape index (κ2) is 5.94. The van der Waals surface area contributed by atoms with Gasteiger partial charge in [0.2, 0.25) is 0 Å². The van der Waals surface area contributed by atoms with Crippen LogP contribution in [-0.4, -0.2) is 16.3 Å². The van der Waals surface area contributed by atoms with E-state index in [-0.39, 0.29) is 11.9 Å². The van der Waals surface area contributed by atoms with Gasteiger partial charge in [-0.1, -0.05) is 12.1 Å². The minimum Gasteiger partial charge on any atom is -0.394 e. The monoisotopic (exact) mass is 276 g/mol. The molecule has 5 heteroatoms. The number of nitrogen functional groups attached to an aromatic ring is 1. The van der Waals surface area contributed by atoms with Crippen LogP contribution in [0.3, 0.4) is 0 Å². The number of anilines is 2. The van der Waals surface area contributed by atoms with Crippen LogP contribution < -0.4 is 11.1 Å². The van der Waals surface area contributed by atoms with Gasteiger partial charge in [-0.05, 0) is 44.9 Å². The van der Waals surface area contributed by atoms with Crippen molar-refractivity contribution < 1.29 is 4.39 Å². The number of aromatic nitrogens is 2. The van der Waals surface area contributed by atoms with Gasteiger partial charge in [-0.25, -0.2) is 9.07 Å². The van der Waals surface area contributed by atoms with Crippen molar-refractivity contribution in [3.63, 3.8) is 0 Å². The van der Waals surface area contributed by atoms with Crippen molar-refractivity contribution in [1.82, 2.24) is 9.78 Å². The largest absolute Gasteiger partial charge is 0.394 e. The summed E-state index contributed by atoms with van der Waals surface area (Å²) in [4.78, 5) is 0. The topological polar surface area (TPSA) is 55.9 Å². The van der Waals surface area contributed by atoms with E-state index < -0.39 is 0 Å². The van der Waals surface area contributed by atoms with Gasteiger partial charge in [0.05, 0.1) is 11.4 Å². The van der Waals surface area contributed by atoms with Crippen LogP contribution in [0.25, 0.3) is 0 Å². The number of nitrogens with one attached hydrogen (secondary N) is 1. The van der Waals surface area contributed by atoms with Gasteiger partial charge in [0.25, 0.3) is 0 Å². The van der Waals surface area contributed by atoms with Crippen molar-refractivity contribution in [2.45, 2.75) is 33.2 Å². The predicted molar refractivity (Wildman–Crippen MR) is 80.4 cm³/mol. The SMILES string of the molecule is Cc1nn(C(C)C)c(NCCc2ccc(F)cc2)c1N. The van der Waals surface area contributed by atoms with Gasteiger partial charge in [0.1, 0.15) is 11.6 Å². The Hall–Kier alpha value is -2.04. The highest BCUT2D eigenvalue weighted by Gasteiger charge is 2.13. The molecule has 0 aliphatic rings. The Bertz CT molecular complexity index is 572. The number of hydrogen-bond donors (Lipinski definition) is 2. The Kier molecular flexibility index (Phi) is 4.27. The van der Waals surface area contributed by atoms with Crippen molar-refractivity contribution in [1.29, 1.82) is 0 Å². The number of hydrogen-bond acceptors (Lipinski definition) is 3. The lowest BCUT2D eigenvalue weighted by atomic mass is 10.1. The van der Waals surface area contributed by atoms with E-state index in [4.69, 9.17) is 5.73 Å². The minimum absolute atomic E-state index is 0.209. The fraction of sp³-hybridized carbons (Fsp3) is 0.400. The summed E-state index contributed by atoms with van der Waals surface area (Å²) in [7, 11) is 0. The fourth-order valence-electron chi connectivity index (χ4n) is 2.09. The summed E-state index contributed by atoms with van der Waals surface area (Å²) in [5, 5.41) is 7.76. The van der Waals surface area contributed by atoms with Crippen LogP contribution in [0.2, 0.25) is 0 Å². The Morgan fingerprint density at radius 2 is 1.95 bits per heavy atom. The van der Waals surface area contributed by atoms with Crippen LogP contribution in [0.1, 0.15) is 31.1 Å². The number of benzene rings is 1. The molecule has 0 bridgehead atoms. The van der Waals surface area contributed by atoms with Crippen molar-refractivity contribution in [2.75, 3.05) is 17.6 Å². The maximum Gasteiger partial charge on any atom is 0.148 e. The summed E-state index contributed by atoms with van der Waals surface area (Å²) in [5.41, 5.74) is 8.66. The number of halogens is 1. The quantitative estimate of drug-likeness (QED) is 0.882. The molecule has 2 rings (SSSR count). The molecule has 0 fully saturated rings. The molecular weight excluding hydrogens is 255 g/mol. The lowest BCUT2D eigenvalue weighted by Gasteiger charge is -2.13. The van der Waals surface area contributed by atoms with Crippen LogP contribution >= 0.6 is 0 Å². The average Bonchev–Trinajstić information content (AvgIpc) is 2.69. The lowest BCUT2D eigenvalue weighted by molar-refractivity contribution is 0.534. The Balaban J connectivity index is 2.02. The van der Waals surface area contributed by atoms with Crippen molar-refractivity contribution >= 4 is 11.5 Å². The van der Waals surface area contributed by atoms with E-state index >= 15 is 0 Å². The van der Waals surface area contributed by atoms with E-state index in [9.17, 15) is 4.39 Å². The second-order valence-corrected chi connectivity index (χ2v) is 5.19. The van der Waals surface area contributed by atoms with Crippen molar-refractivity contribution in [2.24, 2.45) is 0 Å². The number of aryl methyl sites for hydroxylation is 1.